The lowest BCUT2D eigenvalue weighted by Crippen LogP contribution is -1.88. The van der Waals surface area contributed by atoms with Gasteiger partial charge in [0, 0.05) is 0 Å². The second-order valence-electron chi connectivity index (χ2n) is 2.37. The number of carbonyl (C=O) groups is 1. The van der Waals surface area contributed by atoms with Gasteiger partial charge in [0.05, 0.1) is 4.92 Å². The second kappa shape index (κ2) is 3.61. The van der Waals surface area contributed by atoms with Gasteiger partial charge < -0.3 is 0 Å². The molecule has 0 saturated heterocycles. The molecule has 0 aliphatic heterocycles. The van der Waals surface area contributed by atoms with Crippen molar-refractivity contribution in [3.05, 3.63) is 28.1 Å². The van der Waals surface area contributed by atoms with Crippen LogP contribution in [0.25, 0.3) is 6.08 Å². The fourth-order valence-corrected chi connectivity index (χ4v) is 0.759. The Labute approximate surface area is 73.4 Å². The minimum atomic E-state index is -0.566. The standard InChI is InChI=1S/C7H7N3O3/c1-5(11)2-3-6-7(10(12)13)4-8-9-6/h2-4H,1H3,(H,8,9)/b3-2+. The van der Waals surface area contributed by atoms with E-state index in [1.165, 1.54) is 19.1 Å². The first-order valence-corrected chi connectivity index (χ1v) is 3.47. The van der Waals surface area contributed by atoms with Crippen molar-refractivity contribution in [1.82, 2.24) is 10.2 Å². The van der Waals surface area contributed by atoms with Crippen LogP contribution in [-0.2, 0) is 4.79 Å². The topological polar surface area (TPSA) is 88.9 Å². The third-order valence-corrected chi connectivity index (χ3v) is 1.33. The highest BCUT2D eigenvalue weighted by Crippen LogP contribution is 2.15. The van der Waals surface area contributed by atoms with E-state index in [4.69, 9.17) is 0 Å². The number of ketones is 1. The molecule has 0 aromatic carbocycles. The predicted octanol–water partition coefficient (Wildman–Crippen LogP) is 0.920. The SMILES string of the molecule is CC(=O)/C=C/c1[nH]ncc1[N+](=O)[O-]. The summed E-state index contributed by atoms with van der Waals surface area (Å²) in [4.78, 5) is 20.3. The van der Waals surface area contributed by atoms with Crippen molar-refractivity contribution in [2.45, 2.75) is 6.92 Å². The summed E-state index contributed by atoms with van der Waals surface area (Å²) in [6.07, 6.45) is 3.66. The molecule has 68 valence electrons. The highest BCUT2D eigenvalue weighted by molar-refractivity contribution is 5.91. The number of hydrogen-bond donors (Lipinski definition) is 1. The molecular formula is C7H7N3O3. The Morgan fingerprint density at radius 3 is 3.00 bits per heavy atom. The van der Waals surface area contributed by atoms with E-state index in [0.717, 1.165) is 6.20 Å². The van der Waals surface area contributed by atoms with Crippen molar-refractivity contribution < 1.29 is 9.72 Å². The zero-order valence-electron chi connectivity index (χ0n) is 6.85. The average Bonchev–Trinajstić information content (AvgIpc) is 2.47. The van der Waals surface area contributed by atoms with E-state index >= 15 is 0 Å². The molecule has 0 radical (unpaired) electrons. The molecule has 0 unspecified atom stereocenters. The van der Waals surface area contributed by atoms with Gasteiger partial charge in [-0.3, -0.25) is 20.0 Å². The van der Waals surface area contributed by atoms with Crippen LogP contribution in [0.2, 0.25) is 0 Å². The Balaban J connectivity index is 2.95. The Morgan fingerprint density at radius 1 is 1.77 bits per heavy atom. The van der Waals surface area contributed by atoms with Gasteiger partial charge in [-0.15, -0.1) is 0 Å². The Hall–Kier alpha value is -1.98. The molecule has 13 heavy (non-hydrogen) atoms. The molecule has 6 nitrogen and oxygen atoms in total. The first-order chi connectivity index (χ1) is 6.11. The maximum Gasteiger partial charge on any atom is 0.314 e. The number of carbonyl (C=O) groups excluding carboxylic acids is 1. The van der Waals surface area contributed by atoms with Crippen molar-refractivity contribution in [1.29, 1.82) is 0 Å². The van der Waals surface area contributed by atoms with Crippen LogP contribution in [0.1, 0.15) is 12.6 Å². The zero-order chi connectivity index (χ0) is 9.84. The van der Waals surface area contributed by atoms with E-state index in [1.54, 1.807) is 0 Å². The maximum atomic E-state index is 10.5. The molecule has 0 fully saturated rings. The number of aromatic amines is 1. The summed E-state index contributed by atoms with van der Waals surface area (Å²) in [7, 11) is 0. The van der Waals surface area contributed by atoms with Crippen LogP contribution >= 0.6 is 0 Å². The van der Waals surface area contributed by atoms with E-state index in [2.05, 4.69) is 10.2 Å². The minimum absolute atomic E-state index is 0.141. The van der Waals surface area contributed by atoms with Crippen LogP contribution in [0.3, 0.4) is 0 Å². The summed E-state index contributed by atoms with van der Waals surface area (Å²) in [6, 6.07) is 0. The molecule has 1 aromatic rings. The summed E-state index contributed by atoms with van der Waals surface area (Å²) < 4.78 is 0. The lowest BCUT2D eigenvalue weighted by Gasteiger charge is -1.86. The highest BCUT2D eigenvalue weighted by atomic mass is 16.6. The molecule has 0 bridgehead atoms. The number of H-pyrrole nitrogens is 1. The van der Waals surface area contributed by atoms with E-state index in [1.807, 2.05) is 0 Å². The van der Waals surface area contributed by atoms with Gasteiger partial charge in [-0.1, -0.05) is 0 Å². The second-order valence-corrected chi connectivity index (χ2v) is 2.37. The summed E-state index contributed by atoms with van der Waals surface area (Å²) in [5.41, 5.74) is 0.0812. The monoisotopic (exact) mass is 181 g/mol. The van der Waals surface area contributed by atoms with Gasteiger partial charge in [0.2, 0.25) is 0 Å². The molecule has 1 rings (SSSR count). The quantitative estimate of drug-likeness (QED) is 0.426. The van der Waals surface area contributed by atoms with Crippen molar-refractivity contribution in [2.24, 2.45) is 0 Å². The number of hydrogen-bond acceptors (Lipinski definition) is 4. The first kappa shape index (κ1) is 9.11. The van der Waals surface area contributed by atoms with Crippen LogP contribution in [-0.4, -0.2) is 20.9 Å². The highest BCUT2D eigenvalue weighted by Gasteiger charge is 2.12. The molecule has 0 aliphatic carbocycles. The average molecular weight is 181 g/mol. The third-order valence-electron chi connectivity index (χ3n) is 1.33. The third kappa shape index (κ3) is 2.22. The maximum absolute atomic E-state index is 10.5. The fourth-order valence-electron chi connectivity index (χ4n) is 0.759. The van der Waals surface area contributed by atoms with Crippen LogP contribution in [0.4, 0.5) is 5.69 Å². The molecule has 1 N–H and O–H groups in total. The van der Waals surface area contributed by atoms with Gasteiger partial charge in [-0.05, 0) is 19.1 Å². The smallest absolute Gasteiger partial charge is 0.295 e. The number of nitrogens with zero attached hydrogens (tertiary/aromatic N) is 2. The molecular weight excluding hydrogens is 174 g/mol. The van der Waals surface area contributed by atoms with Crippen molar-refractivity contribution in [3.63, 3.8) is 0 Å². The largest absolute Gasteiger partial charge is 0.314 e. The molecule has 0 saturated carbocycles. The van der Waals surface area contributed by atoms with Gasteiger partial charge in [0.25, 0.3) is 0 Å². The summed E-state index contributed by atoms with van der Waals surface area (Å²) in [6.45, 7) is 1.36. The Morgan fingerprint density at radius 2 is 2.46 bits per heavy atom. The molecule has 0 amide bonds. The van der Waals surface area contributed by atoms with Crippen LogP contribution in [0.5, 0.6) is 0 Å². The van der Waals surface area contributed by atoms with Crippen LogP contribution in [0.15, 0.2) is 12.3 Å². The van der Waals surface area contributed by atoms with Gasteiger partial charge >= 0.3 is 5.69 Å². The summed E-state index contributed by atoms with van der Waals surface area (Å²) in [5.74, 6) is -0.177. The molecule has 1 heterocycles. The molecule has 0 aliphatic rings. The number of nitro groups is 1. The Kier molecular flexibility index (Phi) is 2.53. The zero-order valence-corrected chi connectivity index (χ0v) is 6.85. The van der Waals surface area contributed by atoms with E-state index in [-0.39, 0.29) is 17.2 Å². The van der Waals surface area contributed by atoms with Gasteiger partial charge in [-0.25, -0.2) is 0 Å². The predicted molar refractivity (Wildman–Crippen MR) is 45.0 cm³/mol. The van der Waals surface area contributed by atoms with Gasteiger partial charge in [-0.2, -0.15) is 5.10 Å². The summed E-state index contributed by atoms with van der Waals surface area (Å²) >= 11 is 0. The molecule has 1 aromatic heterocycles. The van der Waals surface area contributed by atoms with Crippen molar-refractivity contribution in [2.75, 3.05) is 0 Å². The number of nitrogens with one attached hydrogen (secondary N) is 1. The lowest BCUT2D eigenvalue weighted by molar-refractivity contribution is -0.385. The van der Waals surface area contributed by atoms with Gasteiger partial charge in [0.15, 0.2) is 5.78 Å². The van der Waals surface area contributed by atoms with Crippen LogP contribution in [0, 0.1) is 10.1 Å². The number of rotatable bonds is 3. The first-order valence-electron chi connectivity index (χ1n) is 3.47. The summed E-state index contributed by atoms with van der Waals surface area (Å²) in [5, 5.41) is 16.3. The van der Waals surface area contributed by atoms with E-state index < -0.39 is 4.92 Å². The van der Waals surface area contributed by atoms with E-state index in [0.29, 0.717) is 0 Å². The number of allylic oxidation sites excluding steroid dienone is 1. The minimum Gasteiger partial charge on any atom is -0.295 e. The normalized spacial score (nSPS) is 10.5. The fraction of sp³-hybridized carbons (Fsp3) is 0.143. The van der Waals surface area contributed by atoms with Gasteiger partial charge in [0.1, 0.15) is 11.9 Å². The molecule has 6 heteroatoms. The van der Waals surface area contributed by atoms with Crippen molar-refractivity contribution >= 4 is 17.5 Å². The van der Waals surface area contributed by atoms with Crippen LogP contribution < -0.4 is 0 Å². The lowest BCUT2D eigenvalue weighted by atomic mass is 10.3. The van der Waals surface area contributed by atoms with Crippen molar-refractivity contribution in [3.8, 4) is 0 Å². The van der Waals surface area contributed by atoms with E-state index in [9.17, 15) is 14.9 Å². The Bertz CT molecular complexity index is 367. The molecule has 0 atom stereocenters. The molecule has 0 spiro atoms. The number of aromatic nitrogens is 2.